The first-order valence-corrected chi connectivity index (χ1v) is 3.25. The van der Waals surface area contributed by atoms with E-state index in [1.54, 1.807) is 12.2 Å². The fraction of sp³-hybridized carbons (Fsp3) is 0.250. The molecule has 1 rings (SSSR count). The Bertz CT molecular complexity index is 217. The van der Waals surface area contributed by atoms with Crippen LogP contribution in [0.1, 0.15) is 13.3 Å². The minimum absolute atomic E-state index is 0.544. The molecule has 0 amide bonds. The number of aliphatic hydroxyl groups is 2. The number of rotatable bonds is 1. The zero-order valence-electron chi connectivity index (χ0n) is 5.83. The normalized spacial score (nSPS) is 15.7. The van der Waals surface area contributed by atoms with E-state index >= 15 is 0 Å². The molecule has 1 aliphatic rings. The summed E-state index contributed by atoms with van der Waals surface area (Å²) in [5, 5.41) is 17.4. The van der Waals surface area contributed by atoms with Gasteiger partial charge in [0.2, 0.25) is 0 Å². The third kappa shape index (κ3) is 1.05. The van der Waals surface area contributed by atoms with Crippen LogP contribution < -0.4 is 0 Å². The van der Waals surface area contributed by atoms with Crippen molar-refractivity contribution in [2.24, 2.45) is 0 Å². The van der Waals surface area contributed by atoms with Crippen LogP contribution in [0.4, 0.5) is 0 Å². The van der Waals surface area contributed by atoms with E-state index in [4.69, 9.17) is 10.2 Å². The molecule has 0 heterocycles. The van der Waals surface area contributed by atoms with E-state index in [1.807, 2.05) is 13.0 Å². The van der Waals surface area contributed by atoms with Gasteiger partial charge in [0.25, 0.3) is 5.95 Å². The SMILES string of the molecule is CCC1=CC=CC1=C(O)O. The van der Waals surface area contributed by atoms with E-state index in [1.165, 1.54) is 0 Å². The number of hydrogen-bond acceptors (Lipinski definition) is 2. The van der Waals surface area contributed by atoms with Crippen molar-refractivity contribution in [3.05, 3.63) is 35.3 Å². The van der Waals surface area contributed by atoms with Crippen LogP contribution in [0.25, 0.3) is 0 Å². The fourth-order valence-electron chi connectivity index (χ4n) is 0.984. The summed E-state index contributed by atoms with van der Waals surface area (Å²) in [5.74, 6) is -0.582. The Morgan fingerprint density at radius 1 is 1.50 bits per heavy atom. The van der Waals surface area contributed by atoms with Crippen molar-refractivity contribution in [2.45, 2.75) is 13.3 Å². The zero-order chi connectivity index (χ0) is 7.56. The summed E-state index contributed by atoms with van der Waals surface area (Å²) in [7, 11) is 0. The van der Waals surface area contributed by atoms with Gasteiger partial charge < -0.3 is 10.2 Å². The fourth-order valence-corrected chi connectivity index (χ4v) is 0.984. The minimum Gasteiger partial charge on any atom is -0.481 e. The number of hydrogen-bond donors (Lipinski definition) is 2. The van der Waals surface area contributed by atoms with Crippen LogP contribution in [0, 0.1) is 0 Å². The van der Waals surface area contributed by atoms with Crippen molar-refractivity contribution in [3.8, 4) is 0 Å². The highest BCUT2D eigenvalue weighted by Gasteiger charge is 2.08. The Kier molecular flexibility index (Phi) is 1.81. The Labute approximate surface area is 59.8 Å². The maximum Gasteiger partial charge on any atom is 0.281 e. The number of allylic oxidation sites excluding steroid dienone is 5. The maximum absolute atomic E-state index is 8.70. The highest BCUT2D eigenvalue weighted by Crippen LogP contribution is 2.22. The predicted molar refractivity (Wildman–Crippen MR) is 39.8 cm³/mol. The molecule has 2 nitrogen and oxygen atoms in total. The average Bonchev–Trinajstić information content (AvgIpc) is 2.33. The van der Waals surface area contributed by atoms with Gasteiger partial charge in [-0.1, -0.05) is 19.1 Å². The molecule has 0 saturated heterocycles. The van der Waals surface area contributed by atoms with E-state index in [0.717, 1.165) is 12.0 Å². The molecule has 0 fully saturated rings. The van der Waals surface area contributed by atoms with Gasteiger partial charge in [0.05, 0.1) is 5.57 Å². The standard InChI is InChI=1S/C8H10O2/c1-2-6-4-3-5-7(6)8(9)10/h3-5,9-10H,2H2,1H3. The summed E-state index contributed by atoms with van der Waals surface area (Å²) in [6.45, 7) is 1.97. The largest absolute Gasteiger partial charge is 0.481 e. The molecular weight excluding hydrogens is 128 g/mol. The van der Waals surface area contributed by atoms with Crippen molar-refractivity contribution in [1.82, 2.24) is 0 Å². The molecule has 2 heteroatoms. The second-order valence-electron chi connectivity index (χ2n) is 2.14. The Morgan fingerprint density at radius 2 is 2.20 bits per heavy atom. The van der Waals surface area contributed by atoms with Crippen LogP contribution in [0.3, 0.4) is 0 Å². The minimum atomic E-state index is -0.582. The van der Waals surface area contributed by atoms with Crippen molar-refractivity contribution in [2.75, 3.05) is 0 Å². The Hall–Kier alpha value is -1.18. The zero-order valence-corrected chi connectivity index (χ0v) is 5.83. The van der Waals surface area contributed by atoms with Crippen LogP contribution >= 0.6 is 0 Å². The first-order chi connectivity index (χ1) is 4.75. The molecule has 0 bridgehead atoms. The second-order valence-corrected chi connectivity index (χ2v) is 2.14. The average molecular weight is 138 g/mol. The topological polar surface area (TPSA) is 40.5 Å². The third-order valence-corrected chi connectivity index (χ3v) is 1.53. The highest BCUT2D eigenvalue weighted by molar-refractivity contribution is 5.48. The van der Waals surface area contributed by atoms with E-state index < -0.39 is 5.95 Å². The first-order valence-electron chi connectivity index (χ1n) is 3.25. The van der Waals surface area contributed by atoms with Crippen LogP contribution in [-0.2, 0) is 0 Å². The monoisotopic (exact) mass is 138 g/mol. The second kappa shape index (κ2) is 2.60. The molecule has 0 unspecified atom stereocenters. The van der Waals surface area contributed by atoms with Gasteiger partial charge in [0.15, 0.2) is 0 Å². The Balaban J connectivity index is 2.92. The van der Waals surface area contributed by atoms with E-state index in [-0.39, 0.29) is 0 Å². The van der Waals surface area contributed by atoms with Gasteiger partial charge in [-0.05, 0) is 18.1 Å². The molecule has 54 valence electrons. The molecule has 0 aromatic rings. The summed E-state index contributed by atoms with van der Waals surface area (Å²) in [5.41, 5.74) is 1.52. The molecule has 0 atom stereocenters. The van der Waals surface area contributed by atoms with Gasteiger partial charge in [-0.2, -0.15) is 0 Å². The lowest BCUT2D eigenvalue weighted by Gasteiger charge is -1.99. The van der Waals surface area contributed by atoms with Crippen LogP contribution in [-0.4, -0.2) is 10.2 Å². The third-order valence-electron chi connectivity index (χ3n) is 1.53. The van der Waals surface area contributed by atoms with Crippen molar-refractivity contribution in [3.63, 3.8) is 0 Å². The lowest BCUT2D eigenvalue weighted by atomic mass is 10.1. The summed E-state index contributed by atoms with van der Waals surface area (Å²) < 4.78 is 0. The molecule has 0 radical (unpaired) electrons. The first kappa shape index (κ1) is 6.93. The van der Waals surface area contributed by atoms with Gasteiger partial charge in [-0.15, -0.1) is 0 Å². The van der Waals surface area contributed by atoms with Gasteiger partial charge in [-0.25, -0.2) is 0 Å². The lowest BCUT2D eigenvalue weighted by molar-refractivity contribution is 0.187. The van der Waals surface area contributed by atoms with E-state index in [0.29, 0.717) is 5.57 Å². The molecule has 2 N–H and O–H groups in total. The van der Waals surface area contributed by atoms with Crippen LogP contribution in [0.5, 0.6) is 0 Å². The molecule has 0 aromatic carbocycles. The highest BCUT2D eigenvalue weighted by atomic mass is 16.5. The molecular formula is C8H10O2. The van der Waals surface area contributed by atoms with Crippen molar-refractivity contribution >= 4 is 0 Å². The van der Waals surface area contributed by atoms with Gasteiger partial charge >= 0.3 is 0 Å². The molecule has 1 aliphatic carbocycles. The number of aliphatic hydroxyl groups excluding tert-OH is 1. The van der Waals surface area contributed by atoms with Gasteiger partial charge in [-0.3, -0.25) is 0 Å². The molecule has 0 aliphatic heterocycles. The van der Waals surface area contributed by atoms with Gasteiger partial charge in [0, 0.05) is 0 Å². The van der Waals surface area contributed by atoms with E-state index in [2.05, 4.69) is 0 Å². The van der Waals surface area contributed by atoms with Crippen molar-refractivity contribution < 1.29 is 10.2 Å². The summed E-state index contributed by atoms with van der Waals surface area (Å²) in [6, 6.07) is 0. The van der Waals surface area contributed by atoms with Gasteiger partial charge in [0.1, 0.15) is 0 Å². The smallest absolute Gasteiger partial charge is 0.281 e. The molecule has 0 spiro atoms. The summed E-state index contributed by atoms with van der Waals surface area (Å²) in [4.78, 5) is 0. The molecule has 0 saturated carbocycles. The Morgan fingerprint density at radius 3 is 2.60 bits per heavy atom. The molecule has 0 aromatic heterocycles. The van der Waals surface area contributed by atoms with E-state index in [9.17, 15) is 0 Å². The van der Waals surface area contributed by atoms with Crippen LogP contribution in [0.2, 0.25) is 0 Å². The summed E-state index contributed by atoms with van der Waals surface area (Å²) >= 11 is 0. The summed E-state index contributed by atoms with van der Waals surface area (Å²) in [6.07, 6.45) is 6.20. The lowest BCUT2D eigenvalue weighted by Crippen LogP contribution is -1.87. The van der Waals surface area contributed by atoms with Crippen LogP contribution in [0.15, 0.2) is 35.3 Å². The van der Waals surface area contributed by atoms with Crippen molar-refractivity contribution in [1.29, 1.82) is 0 Å². The quantitative estimate of drug-likeness (QED) is 0.545. The molecule has 10 heavy (non-hydrogen) atoms. The maximum atomic E-state index is 8.70. The predicted octanol–water partition coefficient (Wildman–Crippen LogP) is 2.22.